The van der Waals surface area contributed by atoms with Gasteiger partial charge in [0.15, 0.2) is 11.8 Å². The number of hydrogen-bond acceptors (Lipinski definition) is 6. The van der Waals surface area contributed by atoms with E-state index in [1.807, 2.05) is 12.1 Å². The molecule has 180 valence electrons. The summed E-state index contributed by atoms with van der Waals surface area (Å²) in [6.07, 6.45) is 2.07. The fraction of sp³-hybridized carbons (Fsp3) is 0.250. The molecule has 0 bridgehead atoms. The Morgan fingerprint density at radius 3 is 2.54 bits per heavy atom. The Kier molecular flexibility index (Phi) is 9.88. The third-order valence-electron chi connectivity index (χ3n) is 5.31. The van der Waals surface area contributed by atoms with Crippen molar-refractivity contribution < 1.29 is 64.7 Å². The SMILES string of the molecule is COc1cccc(-c2cc([C@H](CC(=O)O)NC(=O)NC3C(=O)C=CN(C)C3=O)ccc2OC)c1.[H-].[Na+]. The van der Waals surface area contributed by atoms with Crippen molar-refractivity contribution in [1.82, 2.24) is 15.5 Å². The minimum Gasteiger partial charge on any atom is -1.00 e. The first-order valence-electron chi connectivity index (χ1n) is 10.3. The molecule has 2 atom stereocenters. The third-order valence-corrected chi connectivity index (χ3v) is 5.31. The number of aliphatic carboxylic acids is 1. The molecule has 3 N–H and O–H groups in total. The van der Waals surface area contributed by atoms with Gasteiger partial charge in [0, 0.05) is 24.9 Å². The van der Waals surface area contributed by atoms with Gasteiger partial charge in [-0.3, -0.25) is 14.4 Å². The number of nitrogens with zero attached hydrogens (tertiary/aromatic N) is 1. The van der Waals surface area contributed by atoms with Crippen molar-refractivity contribution in [3.63, 3.8) is 0 Å². The number of carboxylic acids is 1. The number of methoxy groups -OCH3 is 2. The van der Waals surface area contributed by atoms with Crippen LogP contribution in [0.5, 0.6) is 11.5 Å². The molecule has 0 spiro atoms. The van der Waals surface area contributed by atoms with E-state index in [1.54, 1.807) is 37.4 Å². The number of likely N-dealkylation sites (N-methyl/N-ethyl adjacent to an activating group) is 1. The first-order chi connectivity index (χ1) is 16.2. The van der Waals surface area contributed by atoms with Gasteiger partial charge in [0.2, 0.25) is 0 Å². The van der Waals surface area contributed by atoms with E-state index in [9.17, 15) is 24.3 Å². The van der Waals surface area contributed by atoms with E-state index in [2.05, 4.69) is 10.6 Å². The molecule has 3 amide bonds. The molecule has 0 aromatic heterocycles. The summed E-state index contributed by atoms with van der Waals surface area (Å²) in [4.78, 5) is 49.6. The van der Waals surface area contributed by atoms with Crippen molar-refractivity contribution in [1.29, 1.82) is 0 Å². The molecule has 1 unspecified atom stereocenters. The topological polar surface area (TPSA) is 134 Å². The number of benzene rings is 2. The molecule has 2 aromatic rings. The first-order valence-corrected chi connectivity index (χ1v) is 10.3. The monoisotopic (exact) mass is 491 g/mol. The molecule has 0 radical (unpaired) electrons. The van der Waals surface area contributed by atoms with Gasteiger partial charge in [0.25, 0.3) is 5.91 Å². The summed E-state index contributed by atoms with van der Waals surface area (Å²) in [5.41, 5.74) is 1.93. The van der Waals surface area contributed by atoms with Crippen LogP contribution in [0.1, 0.15) is 19.5 Å². The largest absolute Gasteiger partial charge is 1.00 e. The molecule has 1 aliphatic heterocycles. The molecule has 0 saturated heterocycles. The molecular formula is C24H26N3NaO7. The van der Waals surface area contributed by atoms with Gasteiger partial charge in [-0.15, -0.1) is 0 Å². The quantitative estimate of drug-likeness (QED) is 0.326. The van der Waals surface area contributed by atoms with Gasteiger partial charge in [0.1, 0.15) is 11.5 Å². The molecule has 0 aliphatic carbocycles. The van der Waals surface area contributed by atoms with E-state index >= 15 is 0 Å². The minimum atomic E-state index is -1.39. The number of rotatable bonds is 8. The van der Waals surface area contributed by atoms with Crippen LogP contribution >= 0.6 is 0 Å². The predicted molar refractivity (Wildman–Crippen MR) is 123 cm³/mol. The Labute approximate surface area is 226 Å². The normalized spacial score (nSPS) is 15.6. The van der Waals surface area contributed by atoms with E-state index in [1.165, 1.54) is 31.3 Å². The second-order valence-corrected chi connectivity index (χ2v) is 7.56. The molecule has 3 rings (SSSR count). The van der Waals surface area contributed by atoms with Gasteiger partial charge in [-0.2, -0.15) is 0 Å². The van der Waals surface area contributed by atoms with Crippen molar-refractivity contribution in [3.8, 4) is 22.6 Å². The maximum atomic E-state index is 12.6. The number of carbonyl (C=O) groups is 4. The average Bonchev–Trinajstić information content (AvgIpc) is 2.83. The third kappa shape index (κ3) is 6.84. The van der Waals surface area contributed by atoms with E-state index in [4.69, 9.17) is 9.47 Å². The molecule has 35 heavy (non-hydrogen) atoms. The van der Waals surface area contributed by atoms with Crippen LogP contribution in [0.4, 0.5) is 4.79 Å². The zero-order chi connectivity index (χ0) is 24.8. The maximum Gasteiger partial charge on any atom is 1.00 e. The minimum absolute atomic E-state index is 0. The van der Waals surface area contributed by atoms with E-state index in [-0.39, 0.29) is 31.0 Å². The maximum absolute atomic E-state index is 12.6. The summed E-state index contributed by atoms with van der Waals surface area (Å²) in [6, 6.07) is 9.10. The van der Waals surface area contributed by atoms with Gasteiger partial charge >= 0.3 is 41.6 Å². The number of urea groups is 1. The molecular weight excluding hydrogens is 465 g/mol. The van der Waals surface area contributed by atoms with Crippen molar-refractivity contribution >= 4 is 23.7 Å². The summed E-state index contributed by atoms with van der Waals surface area (Å²) in [5, 5.41) is 14.3. The van der Waals surface area contributed by atoms with Crippen molar-refractivity contribution in [2.45, 2.75) is 18.5 Å². The Morgan fingerprint density at radius 1 is 1.14 bits per heavy atom. The molecule has 10 nitrogen and oxygen atoms in total. The molecule has 1 aliphatic rings. The second-order valence-electron chi connectivity index (χ2n) is 7.56. The number of ether oxygens (including phenoxy) is 2. The summed E-state index contributed by atoms with van der Waals surface area (Å²) in [6.45, 7) is 0. The number of amides is 3. The molecule has 0 saturated carbocycles. The van der Waals surface area contributed by atoms with Crippen LogP contribution < -0.4 is 49.7 Å². The second kappa shape index (κ2) is 12.4. The first kappa shape index (κ1) is 27.9. The average molecular weight is 491 g/mol. The Morgan fingerprint density at radius 2 is 1.89 bits per heavy atom. The van der Waals surface area contributed by atoms with Crippen LogP contribution in [-0.2, 0) is 14.4 Å². The van der Waals surface area contributed by atoms with Gasteiger partial charge in [0.05, 0.1) is 26.7 Å². The molecule has 1 heterocycles. The zero-order valence-corrected chi connectivity index (χ0v) is 21.9. The number of carboxylic acid groups (broad SMARTS) is 1. The van der Waals surface area contributed by atoms with Gasteiger partial charge < -0.3 is 31.5 Å². The zero-order valence-electron chi connectivity index (χ0n) is 20.9. The van der Waals surface area contributed by atoms with Crippen LogP contribution in [-0.4, -0.2) is 61.0 Å². The molecule has 0 fully saturated rings. The van der Waals surface area contributed by atoms with Crippen molar-refractivity contribution in [2.24, 2.45) is 0 Å². The number of hydrogen-bond donors (Lipinski definition) is 3. The summed E-state index contributed by atoms with van der Waals surface area (Å²) < 4.78 is 10.7. The Bertz CT molecular complexity index is 1160. The van der Waals surface area contributed by atoms with Crippen LogP contribution in [0.3, 0.4) is 0 Å². The summed E-state index contributed by atoms with van der Waals surface area (Å²) in [7, 11) is 4.53. The van der Waals surface area contributed by atoms with Crippen LogP contribution in [0, 0.1) is 0 Å². The standard InChI is InChI=1S/C24H25N3O7.Na.H/c1-27-10-9-19(28)22(23(27)31)26-24(32)25-18(13-21(29)30)15-7-8-20(34-3)17(12-15)14-5-4-6-16(11-14)33-2;;/h4-12,18,22H,13H2,1-3H3,(H,29,30)(H2,25,26,32);;/q;+1;-1/t18-,22?;;/m0../s1. The van der Waals surface area contributed by atoms with Gasteiger partial charge in [-0.25, -0.2) is 4.79 Å². The van der Waals surface area contributed by atoms with Gasteiger partial charge in [-0.1, -0.05) is 18.2 Å². The summed E-state index contributed by atoms with van der Waals surface area (Å²) in [5.74, 6) is -1.13. The fourth-order valence-electron chi connectivity index (χ4n) is 3.53. The number of ketones is 1. The van der Waals surface area contributed by atoms with Crippen LogP contribution in [0.25, 0.3) is 11.1 Å². The fourth-order valence-corrected chi connectivity index (χ4v) is 3.53. The molecule has 2 aromatic carbocycles. The van der Waals surface area contributed by atoms with Crippen LogP contribution in [0.15, 0.2) is 54.7 Å². The van der Waals surface area contributed by atoms with Crippen molar-refractivity contribution in [2.75, 3.05) is 21.3 Å². The number of nitrogens with one attached hydrogen (secondary N) is 2. The van der Waals surface area contributed by atoms with E-state index in [0.717, 1.165) is 5.56 Å². The van der Waals surface area contributed by atoms with Crippen molar-refractivity contribution in [3.05, 3.63) is 60.3 Å². The number of carbonyl (C=O) groups excluding carboxylic acids is 3. The van der Waals surface area contributed by atoms with E-state index in [0.29, 0.717) is 22.6 Å². The summed E-state index contributed by atoms with van der Waals surface area (Å²) >= 11 is 0. The smallest absolute Gasteiger partial charge is 1.00 e. The van der Waals surface area contributed by atoms with Gasteiger partial charge in [-0.05, 0) is 35.4 Å². The Hall–Kier alpha value is -3.34. The van der Waals surface area contributed by atoms with Crippen LogP contribution in [0.2, 0.25) is 0 Å². The van der Waals surface area contributed by atoms with E-state index < -0.39 is 42.2 Å². The predicted octanol–water partition coefficient (Wildman–Crippen LogP) is -0.774. The Balaban J connectivity index is 0.00000324. The molecule has 11 heteroatoms.